The van der Waals surface area contributed by atoms with E-state index < -0.39 is 0 Å². The fourth-order valence-electron chi connectivity index (χ4n) is 9.22. The van der Waals surface area contributed by atoms with Gasteiger partial charge < -0.3 is 9.80 Å². The summed E-state index contributed by atoms with van der Waals surface area (Å²) in [6.07, 6.45) is 0. The normalized spacial score (nSPS) is 12.7. The predicted molar refractivity (Wildman–Crippen MR) is 264 cm³/mol. The van der Waals surface area contributed by atoms with Crippen LogP contribution in [0.15, 0.2) is 194 Å². The maximum absolute atomic E-state index is 3.54. The molecule has 1 aliphatic rings. The Morgan fingerprint density at radius 2 is 0.839 bits per heavy atom. The van der Waals surface area contributed by atoms with Gasteiger partial charge in [0.05, 0.1) is 0 Å². The molecule has 2 nitrogen and oxygen atoms in total. The zero-order valence-corrected chi connectivity index (χ0v) is 36.4. The topological polar surface area (TPSA) is 6.48 Å². The third kappa shape index (κ3) is 7.10. The van der Waals surface area contributed by atoms with E-state index in [1.807, 2.05) is 0 Å². The summed E-state index contributed by atoms with van der Waals surface area (Å²) in [6, 6.07) is 70.7. The van der Waals surface area contributed by atoms with Crippen molar-refractivity contribution in [3.63, 3.8) is 0 Å². The second kappa shape index (κ2) is 15.3. The van der Waals surface area contributed by atoms with E-state index in [2.05, 4.69) is 257 Å². The van der Waals surface area contributed by atoms with Crippen LogP contribution in [0.4, 0.5) is 34.1 Å². The maximum Gasteiger partial charge on any atom is 0.0468 e. The fourth-order valence-corrected chi connectivity index (χ4v) is 9.22. The van der Waals surface area contributed by atoms with E-state index in [0.717, 1.165) is 45.3 Å². The Morgan fingerprint density at radius 3 is 1.44 bits per heavy atom. The van der Waals surface area contributed by atoms with Crippen molar-refractivity contribution in [1.29, 1.82) is 0 Å². The Kier molecular flexibility index (Phi) is 9.58. The van der Waals surface area contributed by atoms with Crippen LogP contribution in [0.5, 0.6) is 0 Å². The molecule has 0 unspecified atom stereocenters. The number of benzene rings is 9. The summed E-state index contributed by atoms with van der Waals surface area (Å²) in [5.41, 5.74) is 16.6. The molecule has 0 N–H and O–H groups in total. The Bertz CT molecular complexity index is 3140. The van der Waals surface area contributed by atoms with Gasteiger partial charge in [-0.3, -0.25) is 0 Å². The van der Waals surface area contributed by atoms with Crippen molar-refractivity contribution in [2.75, 3.05) is 9.80 Å². The highest BCUT2D eigenvalue weighted by Crippen LogP contribution is 2.51. The molecule has 0 saturated heterocycles. The first-order valence-electron chi connectivity index (χ1n) is 21.7. The first-order chi connectivity index (χ1) is 30.0. The van der Waals surface area contributed by atoms with Gasteiger partial charge in [0.15, 0.2) is 0 Å². The quantitative estimate of drug-likeness (QED) is 0.122. The van der Waals surface area contributed by atoms with E-state index >= 15 is 0 Å². The molecule has 0 bridgehead atoms. The first kappa shape index (κ1) is 38.8. The highest BCUT2D eigenvalue weighted by molar-refractivity contribution is 6.09. The van der Waals surface area contributed by atoms with Crippen molar-refractivity contribution in [1.82, 2.24) is 0 Å². The van der Waals surface area contributed by atoms with Gasteiger partial charge in [0.25, 0.3) is 0 Å². The summed E-state index contributed by atoms with van der Waals surface area (Å²) in [7, 11) is 0. The zero-order valence-electron chi connectivity index (χ0n) is 36.4. The summed E-state index contributed by atoms with van der Waals surface area (Å²) < 4.78 is 0. The molecule has 0 aromatic heterocycles. The van der Waals surface area contributed by atoms with Crippen LogP contribution in [0.3, 0.4) is 0 Å². The molecule has 2 heteroatoms. The van der Waals surface area contributed by atoms with Gasteiger partial charge in [-0.2, -0.15) is 0 Å². The van der Waals surface area contributed by atoms with E-state index in [1.54, 1.807) is 0 Å². The van der Waals surface area contributed by atoms with E-state index in [1.165, 1.54) is 54.9 Å². The second-order valence-corrected chi connectivity index (χ2v) is 18.2. The Hall–Kier alpha value is -7.34. The van der Waals surface area contributed by atoms with Gasteiger partial charge in [-0.15, -0.1) is 0 Å². The average molecular weight is 799 g/mol. The van der Waals surface area contributed by atoms with E-state index in [-0.39, 0.29) is 10.8 Å². The van der Waals surface area contributed by atoms with Crippen molar-refractivity contribution < 1.29 is 0 Å². The third-order valence-corrected chi connectivity index (χ3v) is 12.7. The minimum atomic E-state index is -0.198. The van der Waals surface area contributed by atoms with Gasteiger partial charge in [-0.05, 0) is 159 Å². The molecule has 1 aliphatic carbocycles. The third-order valence-electron chi connectivity index (χ3n) is 12.7. The molecule has 0 spiro atoms. The van der Waals surface area contributed by atoms with Crippen molar-refractivity contribution in [2.45, 2.75) is 52.4 Å². The summed E-state index contributed by atoms with van der Waals surface area (Å²) in [6.45, 7) is 13.6. The molecule has 0 amide bonds. The molecular weight excluding hydrogens is 749 g/mol. The number of aryl methyl sites for hydroxylation is 1. The average Bonchev–Trinajstić information content (AvgIpc) is 3.51. The van der Waals surface area contributed by atoms with E-state index in [9.17, 15) is 0 Å². The molecule has 10 rings (SSSR count). The lowest BCUT2D eigenvalue weighted by Gasteiger charge is -2.29. The lowest BCUT2D eigenvalue weighted by molar-refractivity contribution is 0.590. The molecule has 9 aromatic rings. The molecule has 62 heavy (non-hydrogen) atoms. The van der Waals surface area contributed by atoms with Crippen molar-refractivity contribution in [3.05, 3.63) is 228 Å². The molecule has 0 aliphatic heterocycles. The summed E-state index contributed by atoms with van der Waals surface area (Å²) in [5, 5.41) is 4.85. The largest absolute Gasteiger partial charge is 0.310 e. The summed E-state index contributed by atoms with van der Waals surface area (Å²) >= 11 is 0. The number of anilines is 6. The molecular formula is C60H50N2. The maximum atomic E-state index is 3.54. The Labute approximate surface area is 366 Å². The molecule has 9 aromatic carbocycles. The lowest BCUT2D eigenvalue weighted by atomic mass is 9.81. The standard InChI is InChI=1S/C60H50N2/c1-41-17-27-49(28-18-41)62(50-29-25-46(26-30-50)59(2,3)4)52-32-36-56-55-34-22-43(38-57(55)60(5,6)58(56)40-52)20-19-42-21-33-53-44(37-42)23-24-45-39-51(31-35-54(45)53)61(47-13-9-7-10-14-47)48-15-11-8-12-16-48/h7-18,21-40H,1-6H3. The summed E-state index contributed by atoms with van der Waals surface area (Å²) in [5.74, 6) is 7.05. The van der Waals surface area contributed by atoms with Crippen LogP contribution in [0.25, 0.3) is 32.7 Å². The van der Waals surface area contributed by atoms with Crippen LogP contribution < -0.4 is 9.80 Å². The molecule has 0 heterocycles. The molecule has 0 atom stereocenters. The number of nitrogens with zero attached hydrogens (tertiary/aromatic N) is 2. The van der Waals surface area contributed by atoms with Gasteiger partial charge in [0, 0.05) is 50.7 Å². The van der Waals surface area contributed by atoms with Crippen LogP contribution in [0.2, 0.25) is 0 Å². The van der Waals surface area contributed by atoms with Gasteiger partial charge in [0.1, 0.15) is 0 Å². The van der Waals surface area contributed by atoms with Crippen LogP contribution in [-0.2, 0) is 10.8 Å². The van der Waals surface area contributed by atoms with Crippen LogP contribution in [-0.4, -0.2) is 0 Å². The van der Waals surface area contributed by atoms with Crippen molar-refractivity contribution >= 4 is 55.7 Å². The summed E-state index contributed by atoms with van der Waals surface area (Å²) in [4.78, 5) is 4.70. The number of hydrogen-bond donors (Lipinski definition) is 0. The van der Waals surface area contributed by atoms with Gasteiger partial charge in [0.2, 0.25) is 0 Å². The SMILES string of the molecule is Cc1ccc(N(c2ccc(C(C)(C)C)cc2)c2ccc3c(c2)C(C)(C)c2cc(C#Cc4ccc5c(ccc6cc(N(c7ccccc7)c7ccccc7)ccc65)c4)ccc2-3)cc1. The van der Waals surface area contributed by atoms with E-state index in [0.29, 0.717) is 0 Å². The van der Waals surface area contributed by atoms with Crippen LogP contribution >= 0.6 is 0 Å². The number of hydrogen-bond acceptors (Lipinski definition) is 2. The molecule has 0 fully saturated rings. The van der Waals surface area contributed by atoms with Crippen LogP contribution in [0.1, 0.15) is 68.0 Å². The molecule has 0 saturated carbocycles. The number of fused-ring (bicyclic) bond motifs is 6. The number of rotatable bonds is 6. The van der Waals surface area contributed by atoms with Gasteiger partial charge in [-0.1, -0.05) is 149 Å². The van der Waals surface area contributed by atoms with E-state index in [4.69, 9.17) is 0 Å². The molecule has 300 valence electrons. The predicted octanol–water partition coefficient (Wildman–Crippen LogP) is 16.2. The Balaban J connectivity index is 0.942. The monoisotopic (exact) mass is 798 g/mol. The fraction of sp³-hybridized carbons (Fsp3) is 0.133. The number of para-hydroxylation sites is 2. The minimum absolute atomic E-state index is 0.0893. The molecule has 0 radical (unpaired) electrons. The van der Waals surface area contributed by atoms with Crippen molar-refractivity contribution in [3.8, 4) is 23.0 Å². The minimum Gasteiger partial charge on any atom is -0.310 e. The van der Waals surface area contributed by atoms with Gasteiger partial charge >= 0.3 is 0 Å². The Morgan fingerprint density at radius 1 is 0.403 bits per heavy atom. The lowest BCUT2D eigenvalue weighted by Crippen LogP contribution is -2.17. The first-order valence-corrected chi connectivity index (χ1v) is 21.7. The van der Waals surface area contributed by atoms with Crippen LogP contribution in [0, 0.1) is 18.8 Å². The highest BCUT2D eigenvalue weighted by atomic mass is 15.1. The van der Waals surface area contributed by atoms with Crippen molar-refractivity contribution in [2.24, 2.45) is 0 Å². The smallest absolute Gasteiger partial charge is 0.0468 e. The zero-order chi connectivity index (χ0) is 42.6. The second-order valence-electron chi connectivity index (χ2n) is 18.2. The van der Waals surface area contributed by atoms with Gasteiger partial charge in [-0.25, -0.2) is 0 Å². The highest BCUT2D eigenvalue weighted by Gasteiger charge is 2.36.